The molecule has 0 aliphatic carbocycles. The first-order chi connectivity index (χ1) is 19.0. The molecule has 0 atom stereocenters. The molecule has 0 amide bonds. The lowest BCUT2D eigenvalue weighted by Crippen LogP contribution is -2.61. The van der Waals surface area contributed by atoms with Gasteiger partial charge in [-0.2, -0.15) is 9.40 Å². The molecule has 2 fully saturated rings. The lowest BCUT2D eigenvalue weighted by molar-refractivity contribution is 0.00751. The quantitative estimate of drug-likeness (QED) is 0.374. The lowest BCUT2D eigenvalue weighted by Gasteiger charge is -2.52. The highest BCUT2D eigenvalue weighted by Gasteiger charge is 2.49. The van der Waals surface area contributed by atoms with E-state index in [1.165, 1.54) is 22.8 Å². The fourth-order valence-electron chi connectivity index (χ4n) is 5.69. The Labute approximate surface area is 232 Å². The van der Waals surface area contributed by atoms with Crippen LogP contribution in [0.5, 0.6) is 0 Å². The maximum atomic E-state index is 14.8. The number of hydrogen-bond donors (Lipinski definition) is 1. The molecule has 2 saturated heterocycles. The van der Waals surface area contributed by atoms with Gasteiger partial charge in [-0.1, -0.05) is 13.8 Å². The number of anilines is 2. The second-order valence-electron chi connectivity index (χ2n) is 11.2. The predicted octanol–water partition coefficient (Wildman–Crippen LogP) is 3.54. The van der Waals surface area contributed by atoms with Gasteiger partial charge in [-0.15, -0.1) is 0 Å². The van der Waals surface area contributed by atoms with Gasteiger partial charge < -0.3 is 10.2 Å². The molecule has 2 aliphatic rings. The van der Waals surface area contributed by atoms with Crippen LogP contribution in [0.1, 0.15) is 38.3 Å². The van der Waals surface area contributed by atoms with Crippen molar-refractivity contribution in [1.82, 2.24) is 38.9 Å². The molecule has 1 spiro atoms. The van der Waals surface area contributed by atoms with Gasteiger partial charge in [-0.25, -0.2) is 32.7 Å². The minimum absolute atomic E-state index is 0.0882. The molecule has 6 heterocycles. The first kappa shape index (κ1) is 26.7. The second kappa shape index (κ2) is 9.82. The lowest BCUT2D eigenvalue weighted by atomic mass is 9.73. The van der Waals surface area contributed by atoms with Crippen molar-refractivity contribution >= 4 is 32.8 Å². The highest BCUT2D eigenvalue weighted by molar-refractivity contribution is 7.89. The zero-order valence-corrected chi connectivity index (χ0v) is 23.8. The fraction of sp³-hybridized carbons (Fsp3) is 0.444. The van der Waals surface area contributed by atoms with E-state index < -0.39 is 15.8 Å². The second-order valence-corrected chi connectivity index (χ2v) is 13.2. The maximum Gasteiger partial charge on any atom is 0.244 e. The number of likely N-dealkylation sites (tertiary alicyclic amines) is 1. The van der Waals surface area contributed by atoms with Crippen LogP contribution < -0.4 is 5.32 Å². The summed E-state index contributed by atoms with van der Waals surface area (Å²) in [6.07, 6.45) is 5.99. The van der Waals surface area contributed by atoms with Gasteiger partial charge in [0.2, 0.25) is 16.0 Å². The monoisotopic (exact) mass is 565 g/mol. The number of sulfonamides is 1. The minimum Gasteiger partial charge on any atom is -0.309 e. The van der Waals surface area contributed by atoms with Gasteiger partial charge in [0.25, 0.3) is 0 Å². The van der Waals surface area contributed by atoms with E-state index in [1.807, 2.05) is 13.1 Å². The van der Waals surface area contributed by atoms with Crippen LogP contribution in [-0.4, -0.2) is 80.6 Å². The number of nitrogens with zero attached hydrogens (tertiary/aromatic N) is 8. The van der Waals surface area contributed by atoms with Crippen molar-refractivity contribution in [2.75, 3.05) is 38.5 Å². The average molecular weight is 566 g/mol. The number of halogens is 1. The normalized spacial score (nSPS) is 17.9. The van der Waals surface area contributed by atoms with Crippen LogP contribution in [0, 0.1) is 11.2 Å². The standard InChI is InChI=1S/C27H32FN9O2S/c1-17(2)24-20-11-18(12-30-25(20)34-36(24)4)23-21(28)14-31-26(33-23)32-22-6-5-19(13-29-22)40(38,39)37-15-27(16-37)7-9-35(3)10-8-27/h5-6,11-14,17H,7-10,15-16H2,1-4H3,(H,29,31,32,33). The molecule has 0 unspecified atom stereocenters. The Morgan fingerprint density at radius 1 is 1.02 bits per heavy atom. The van der Waals surface area contributed by atoms with Gasteiger partial charge >= 0.3 is 0 Å². The summed E-state index contributed by atoms with van der Waals surface area (Å²) in [5.74, 6) is 0.0820. The first-order valence-corrected chi connectivity index (χ1v) is 14.8. The van der Waals surface area contributed by atoms with E-state index in [0.29, 0.717) is 30.1 Å². The molecule has 210 valence electrons. The Balaban J connectivity index is 1.19. The molecule has 0 aromatic carbocycles. The molecule has 2 aliphatic heterocycles. The van der Waals surface area contributed by atoms with Crippen LogP contribution in [0.25, 0.3) is 22.3 Å². The number of piperidine rings is 1. The molecule has 13 heteroatoms. The van der Waals surface area contributed by atoms with Gasteiger partial charge in [0, 0.05) is 48.9 Å². The van der Waals surface area contributed by atoms with E-state index in [0.717, 1.165) is 43.2 Å². The molecule has 0 bridgehead atoms. The van der Waals surface area contributed by atoms with E-state index >= 15 is 0 Å². The zero-order chi connectivity index (χ0) is 28.2. The Bertz CT molecular complexity index is 1670. The van der Waals surface area contributed by atoms with Crippen LogP contribution in [0.3, 0.4) is 0 Å². The van der Waals surface area contributed by atoms with Crippen molar-refractivity contribution in [3.05, 3.63) is 48.3 Å². The Morgan fingerprint density at radius 2 is 1.77 bits per heavy atom. The number of fused-ring (bicyclic) bond motifs is 1. The van der Waals surface area contributed by atoms with E-state index in [-0.39, 0.29) is 27.9 Å². The topological polar surface area (TPSA) is 122 Å². The number of pyridine rings is 2. The zero-order valence-electron chi connectivity index (χ0n) is 23.0. The Morgan fingerprint density at radius 3 is 2.45 bits per heavy atom. The minimum atomic E-state index is -3.62. The third-order valence-corrected chi connectivity index (χ3v) is 9.76. The molecule has 4 aromatic rings. The fourth-order valence-corrected chi connectivity index (χ4v) is 7.30. The van der Waals surface area contributed by atoms with Crippen LogP contribution in [0.2, 0.25) is 0 Å². The van der Waals surface area contributed by atoms with Gasteiger partial charge in [0.15, 0.2) is 11.5 Å². The number of aryl methyl sites for hydroxylation is 1. The molecule has 40 heavy (non-hydrogen) atoms. The van der Waals surface area contributed by atoms with Crippen molar-refractivity contribution in [3.8, 4) is 11.3 Å². The molecular formula is C27H32FN9O2S. The van der Waals surface area contributed by atoms with Gasteiger partial charge in [0.1, 0.15) is 16.4 Å². The highest BCUT2D eigenvalue weighted by Crippen LogP contribution is 2.42. The molecular weight excluding hydrogens is 533 g/mol. The number of hydrogen-bond acceptors (Lipinski definition) is 9. The van der Waals surface area contributed by atoms with E-state index in [4.69, 9.17) is 0 Å². The smallest absolute Gasteiger partial charge is 0.244 e. The predicted molar refractivity (Wildman–Crippen MR) is 149 cm³/mol. The van der Waals surface area contributed by atoms with Crippen LogP contribution in [0.15, 0.2) is 41.7 Å². The number of nitrogens with one attached hydrogen (secondary N) is 1. The Hall–Kier alpha value is -3.55. The summed E-state index contributed by atoms with van der Waals surface area (Å²) in [7, 11) is 0.341. The van der Waals surface area contributed by atoms with Crippen LogP contribution >= 0.6 is 0 Å². The van der Waals surface area contributed by atoms with Crippen LogP contribution in [0.4, 0.5) is 16.2 Å². The SMILES string of the molecule is CC(C)c1c2cc(-c3nc(Nc4ccc(S(=O)(=O)N5CC6(CCN(C)CC6)C5)cn4)ncc3F)cnc2nn1C. The summed E-state index contributed by atoms with van der Waals surface area (Å²) in [5.41, 5.74) is 2.26. The van der Waals surface area contributed by atoms with Crippen molar-refractivity contribution in [2.24, 2.45) is 12.5 Å². The van der Waals surface area contributed by atoms with Crippen molar-refractivity contribution in [3.63, 3.8) is 0 Å². The first-order valence-electron chi connectivity index (χ1n) is 13.3. The molecule has 0 saturated carbocycles. The van der Waals surface area contributed by atoms with Crippen molar-refractivity contribution in [2.45, 2.75) is 37.5 Å². The van der Waals surface area contributed by atoms with E-state index in [2.05, 4.69) is 56.1 Å². The number of rotatable bonds is 6. The number of aromatic nitrogens is 6. The maximum absolute atomic E-state index is 14.8. The van der Waals surface area contributed by atoms with E-state index in [1.54, 1.807) is 10.7 Å². The average Bonchev–Trinajstić information content (AvgIpc) is 3.24. The summed E-state index contributed by atoms with van der Waals surface area (Å²) in [6.45, 7) is 7.22. The molecule has 1 N–H and O–H groups in total. The van der Waals surface area contributed by atoms with Gasteiger partial charge in [-0.3, -0.25) is 4.68 Å². The molecule has 0 radical (unpaired) electrons. The molecule has 11 nitrogen and oxygen atoms in total. The van der Waals surface area contributed by atoms with Crippen molar-refractivity contribution < 1.29 is 12.8 Å². The van der Waals surface area contributed by atoms with Gasteiger partial charge in [-0.05, 0) is 57.1 Å². The summed E-state index contributed by atoms with van der Waals surface area (Å²) in [6, 6.07) is 4.91. The third kappa shape index (κ3) is 4.71. The summed E-state index contributed by atoms with van der Waals surface area (Å²) in [4.78, 5) is 19.5. The summed E-state index contributed by atoms with van der Waals surface area (Å²) < 4.78 is 44.4. The van der Waals surface area contributed by atoms with Gasteiger partial charge in [0.05, 0.1) is 11.9 Å². The van der Waals surface area contributed by atoms with E-state index in [9.17, 15) is 12.8 Å². The highest BCUT2D eigenvalue weighted by atomic mass is 32.2. The summed E-state index contributed by atoms with van der Waals surface area (Å²) in [5, 5.41) is 8.23. The molecule has 6 rings (SSSR count). The summed E-state index contributed by atoms with van der Waals surface area (Å²) >= 11 is 0. The largest absolute Gasteiger partial charge is 0.309 e. The Kier molecular flexibility index (Phi) is 6.55. The van der Waals surface area contributed by atoms with Crippen molar-refractivity contribution in [1.29, 1.82) is 0 Å². The van der Waals surface area contributed by atoms with Crippen LogP contribution in [-0.2, 0) is 17.1 Å². The third-order valence-electron chi connectivity index (χ3n) is 7.99. The molecule has 4 aromatic heterocycles.